The lowest BCUT2D eigenvalue weighted by Crippen LogP contribution is -2.51. The van der Waals surface area contributed by atoms with Gasteiger partial charge < -0.3 is 21.1 Å². The third-order valence-electron chi connectivity index (χ3n) is 3.41. The molecule has 1 fully saturated rings. The Morgan fingerprint density at radius 1 is 1.41 bits per heavy atom. The molecule has 1 rings (SSSR count). The second-order valence-corrected chi connectivity index (χ2v) is 5.66. The van der Waals surface area contributed by atoms with Crippen molar-refractivity contribution >= 4 is 0 Å². The summed E-state index contributed by atoms with van der Waals surface area (Å²) in [5.41, 5.74) is 5.63. The van der Waals surface area contributed by atoms with Gasteiger partial charge in [0.25, 0.3) is 0 Å². The van der Waals surface area contributed by atoms with Gasteiger partial charge >= 0.3 is 0 Å². The first-order valence-corrected chi connectivity index (χ1v) is 6.92. The summed E-state index contributed by atoms with van der Waals surface area (Å²) < 4.78 is 0. The van der Waals surface area contributed by atoms with Crippen molar-refractivity contribution in [1.29, 1.82) is 0 Å². The second kappa shape index (κ2) is 8.03. The van der Waals surface area contributed by atoms with E-state index in [1.807, 2.05) is 0 Å². The van der Waals surface area contributed by atoms with Crippen molar-refractivity contribution < 1.29 is 5.11 Å². The van der Waals surface area contributed by atoms with Crippen LogP contribution in [0.15, 0.2) is 0 Å². The maximum Gasteiger partial charge on any atom is 0.0434 e. The number of rotatable bonds is 7. The molecule has 0 aromatic heterocycles. The van der Waals surface area contributed by atoms with Crippen LogP contribution in [0.25, 0.3) is 0 Å². The molecule has 102 valence electrons. The number of hydrogen-bond donors (Lipinski definition) is 3. The standard InChI is InChI=1S/C13H29N3O/c1-11(2)8-15-13-7-12(3-6-17)9-16(10-13)5-4-14/h11-13,15,17H,3-10,14H2,1-2H3. The summed E-state index contributed by atoms with van der Waals surface area (Å²) in [5, 5.41) is 12.7. The fourth-order valence-electron chi connectivity index (χ4n) is 2.61. The maximum atomic E-state index is 9.08. The van der Waals surface area contributed by atoms with E-state index in [-0.39, 0.29) is 0 Å². The number of nitrogens with one attached hydrogen (secondary N) is 1. The molecule has 0 spiro atoms. The molecule has 1 aliphatic rings. The van der Waals surface area contributed by atoms with Crippen molar-refractivity contribution in [3.8, 4) is 0 Å². The quantitative estimate of drug-likeness (QED) is 0.600. The number of piperidine rings is 1. The van der Waals surface area contributed by atoms with Crippen LogP contribution in [0.4, 0.5) is 0 Å². The van der Waals surface area contributed by atoms with E-state index in [0.717, 1.165) is 39.1 Å². The molecule has 4 heteroatoms. The number of hydrogen-bond acceptors (Lipinski definition) is 4. The zero-order valence-electron chi connectivity index (χ0n) is 11.4. The molecule has 0 saturated carbocycles. The van der Waals surface area contributed by atoms with Crippen LogP contribution in [0.2, 0.25) is 0 Å². The molecule has 4 N–H and O–H groups in total. The Bertz CT molecular complexity index is 185. The maximum absolute atomic E-state index is 9.08. The van der Waals surface area contributed by atoms with Gasteiger partial charge in [0.15, 0.2) is 0 Å². The molecule has 0 amide bonds. The predicted octanol–water partition coefficient (Wildman–Crippen LogP) is 0.264. The van der Waals surface area contributed by atoms with Crippen molar-refractivity contribution in [2.75, 3.05) is 39.3 Å². The van der Waals surface area contributed by atoms with Crippen molar-refractivity contribution in [2.24, 2.45) is 17.6 Å². The van der Waals surface area contributed by atoms with Crippen molar-refractivity contribution in [3.05, 3.63) is 0 Å². The summed E-state index contributed by atoms with van der Waals surface area (Å²) in [5.74, 6) is 1.31. The summed E-state index contributed by atoms with van der Waals surface area (Å²) in [6, 6.07) is 0.564. The fraction of sp³-hybridized carbons (Fsp3) is 1.00. The Balaban J connectivity index is 2.40. The number of aliphatic hydroxyl groups is 1. The lowest BCUT2D eigenvalue weighted by Gasteiger charge is -2.38. The predicted molar refractivity (Wildman–Crippen MR) is 71.9 cm³/mol. The van der Waals surface area contributed by atoms with Crippen LogP contribution < -0.4 is 11.1 Å². The summed E-state index contributed by atoms with van der Waals surface area (Å²) in [7, 11) is 0. The Labute approximate surface area is 106 Å². The van der Waals surface area contributed by atoms with Gasteiger partial charge in [-0.2, -0.15) is 0 Å². The second-order valence-electron chi connectivity index (χ2n) is 5.66. The van der Waals surface area contributed by atoms with Crippen molar-refractivity contribution in [3.63, 3.8) is 0 Å². The molecule has 1 saturated heterocycles. The SMILES string of the molecule is CC(C)CNC1CC(CCO)CN(CCN)C1. The Kier molecular flexibility index (Phi) is 7.04. The molecule has 0 aromatic carbocycles. The minimum Gasteiger partial charge on any atom is -0.396 e. The Morgan fingerprint density at radius 3 is 2.76 bits per heavy atom. The molecule has 2 unspecified atom stereocenters. The average Bonchev–Trinajstić information content (AvgIpc) is 2.27. The van der Waals surface area contributed by atoms with Gasteiger partial charge in [0, 0.05) is 38.8 Å². The molecule has 1 aliphatic heterocycles. The van der Waals surface area contributed by atoms with Gasteiger partial charge in [0.1, 0.15) is 0 Å². The fourth-order valence-corrected chi connectivity index (χ4v) is 2.61. The van der Waals surface area contributed by atoms with E-state index >= 15 is 0 Å². The van der Waals surface area contributed by atoms with E-state index in [1.165, 1.54) is 6.42 Å². The molecule has 0 aromatic rings. The first-order valence-electron chi connectivity index (χ1n) is 6.92. The summed E-state index contributed by atoms with van der Waals surface area (Å²) in [6.45, 7) is 9.75. The van der Waals surface area contributed by atoms with Crippen LogP contribution in [0.5, 0.6) is 0 Å². The molecule has 0 radical (unpaired) electrons. The van der Waals surface area contributed by atoms with E-state index < -0.39 is 0 Å². The van der Waals surface area contributed by atoms with Crippen molar-refractivity contribution in [2.45, 2.75) is 32.7 Å². The zero-order valence-corrected chi connectivity index (χ0v) is 11.4. The van der Waals surface area contributed by atoms with Crippen LogP contribution in [0.1, 0.15) is 26.7 Å². The lowest BCUT2D eigenvalue weighted by molar-refractivity contribution is 0.122. The Hall–Kier alpha value is -0.160. The third kappa shape index (κ3) is 5.82. The molecule has 0 aliphatic carbocycles. The molecule has 4 nitrogen and oxygen atoms in total. The molecule has 0 bridgehead atoms. The molecular formula is C13H29N3O. The van der Waals surface area contributed by atoms with Crippen molar-refractivity contribution in [1.82, 2.24) is 10.2 Å². The number of likely N-dealkylation sites (tertiary alicyclic amines) is 1. The van der Waals surface area contributed by atoms with Gasteiger partial charge in [-0.25, -0.2) is 0 Å². The van der Waals surface area contributed by atoms with Crippen LogP contribution in [-0.2, 0) is 0 Å². The summed E-state index contributed by atoms with van der Waals surface area (Å²) in [6.07, 6.45) is 2.11. The molecule has 1 heterocycles. The van der Waals surface area contributed by atoms with E-state index in [0.29, 0.717) is 24.5 Å². The van der Waals surface area contributed by atoms with Gasteiger partial charge in [-0.3, -0.25) is 0 Å². The largest absolute Gasteiger partial charge is 0.396 e. The van der Waals surface area contributed by atoms with Crippen LogP contribution in [0, 0.1) is 11.8 Å². The number of nitrogens with zero attached hydrogens (tertiary/aromatic N) is 1. The van der Waals surface area contributed by atoms with Crippen LogP contribution in [-0.4, -0.2) is 55.4 Å². The molecule has 17 heavy (non-hydrogen) atoms. The summed E-state index contributed by atoms with van der Waals surface area (Å²) in [4.78, 5) is 2.43. The highest BCUT2D eigenvalue weighted by Crippen LogP contribution is 2.19. The van der Waals surface area contributed by atoms with Gasteiger partial charge in [0.05, 0.1) is 0 Å². The van der Waals surface area contributed by atoms with Crippen LogP contribution >= 0.6 is 0 Å². The van der Waals surface area contributed by atoms with Gasteiger partial charge in [-0.1, -0.05) is 13.8 Å². The first-order chi connectivity index (χ1) is 8.15. The van der Waals surface area contributed by atoms with Crippen LogP contribution in [0.3, 0.4) is 0 Å². The normalized spacial score (nSPS) is 26.6. The monoisotopic (exact) mass is 243 g/mol. The minimum absolute atomic E-state index is 0.304. The van der Waals surface area contributed by atoms with E-state index in [1.54, 1.807) is 0 Å². The first kappa shape index (κ1) is 14.9. The molecular weight excluding hydrogens is 214 g/mol. The lowest BCUT2D eigenvalue weighted by atomic mass is 9.91. The topological polar surface area (TPSA) is 61.5 Å². The minimum atomic E-state index is 0.304. The zero-order chi connectivity index (χ0) is 12.7. The van der Waals surface area contributed by atoms with E-state index in [9.17, 15) is 0 Å². The Morgan fingerprint density at radius 2 is 2.18 bits per heavy atom. The average molecular weight is 243 g/mol. The smallest absolute Gasteiger partial charge is 0.0434 e. The van der Waals surface area contributed by atoms with E-state index in [4.69, 9.17) is 10.8 Å². The highest BCUT2D eigenvalue weighted by molar-refractivity contribution is 4.83. The number of nitrogens with two attached hydrogens (primary N) is 1. The van der Waals surface area contributed by atoms with Gasteiger partial charge in [-0.15, -0.1) is 0 Å². The van der Waals surface area contributed by atoms with E-state index in [2.05, 4.69) is 24.1 Å². The highest BCUT2D eigenvalue weighted by Gasteiger charge is 2.26. The number of aliphatic hydroxyl groups excluding tert-OH is 1. The van der Waals surface area contributed by atoms with Gasteiger partial charge in [0.2, 0.25) is 0 Å². The third-order valence-corrected chi connectivity index (χ3v) is 3.41. The highest BCUT2D eigenvalue weighted by atomic mass is 16.3. The summed E-state index contributed by atoms with van der Waals surface area (Å²) >= 11 is 0. The molecule has 2 atom stereocenters. The van der Waals surface area contributed by atoms with Gasteiger partial charge in [-0.05, 0) is 31.2 Å².